The molecule has 1 rings (SSSR count). The first-order valence-corrected chi connectivity index (χ1v) is 7.05. The van der Waals surface area contributed by atoms with Gasteiger partial charge in [0.1, 0.15) is 0 Å². The third kappa shape index (κ3) is 3.69. The van der Waals surface area contributed by atoms with Crippen LogP contribution in [-0.2, 0) is 0 Å². The molecule has 0 saturated carbocycles. The van der Waals surface area contributed by atoms with Crippen LogP contribution in [0.25, 0.3) is 0 Å². The first-order valence-electron chi connectivity index (χ1n) is 3.28. The van der Waals surface area contributed by atoms with Crippen molar-refractivity contribution in [2.75, 3.05) is 10.2 Å². The van der Waals surface area contributed by atoms with Crippen LogP contribution in [0.5, 0.6) is 0 Å². The number of thioether (sulfide) groups is 3. The number of thiol groups is 1. The van der Waals surface area contributed by atoms with E-state index < -0.39 is 0 Å². The number of rotatable bonds is 2. The van der Waals surface area contributed by atoms with Crippen LogP contribution in [0.3, 0.4) is 0 Å². The zero-order chi connectivity index (χ0) is 7.40. The largest absolute Gasteiger partial charge is 0.176 e. The molecule has 0 spiro atoms. The van der Waals surface area contributed by atoms with E-state index in [4.69, 9.17) is 0 Å². The predicted molar refractivity (Wildman–Crippen MR) is 59.4 cm³/mol. The van der Waals surface area contributed by atoms with Crippen molar-refractivity contribution in [1.29, 1.82) is 0 Å². The summed E-state index contributed by atoms with van der Waals surface area (Å²) in [5.74, 6) is 0. The highest BCUT2D eigenvalue weighted by Crippen LogP contribution is 2.38. The minimum Gasteiger partial charge on any atom is -0.176 e. The van der Waals surface area contributed by atoms with Gasteiger partial charge in [-0.25, -0.2) is 0 Å². The molecule has 1 unspecified atom stereocenters. The summed E-state index contributed by atoms with van der Waals surface area (Å²) >= 11 is 10.5. The van der Waals surface area contributed by atoms with Crippen molar-refractivity contribution in [3.63, 3.8) is 0 Å². The fraction of sp³-hybridized carbons (Fsp3) is 1.00. The van der Waals surface area contributed by atoms with Gasteiger partial charge in [-0.3, -0.25) is 0 Å². The molecule has 4 heteroatoms. The Hall–Kier alpha value is 1.40. The van der Waals surface area contributed by atoms with Crippen molar-refractivity contribution >= 4 is 47.9 Å². The standard InChI is InChI=1S/C6H12S4/c1-5(7)2-6-9-3-8-4-10-6/h5-7H,2-4H2,1H3. The highest BCUT2D eigenvalue weighted by molar-refractivity contribution is 8.32. The van der Waals surface area contributed by atoms with Crippen molar-refractivity contribution in [2.45, 2.75) is 23.2 Å². The van der Waals surface area contributed by atoms with Gasteiger partial charge in [0, 0.05) is 15.4 Å². The van der Waals surface area contributed by atoms with E-state index in [1.165, 1.54) is 16.6 Å². The maximum atomic E-state index is 4.37. The summed E-state index contributed by atoms with van der Waals surface area (Å²) in [5, 5.41) is 3.11. The van der Waals surface area contributed by atoms with E-state index >= 15 is 0 Å². The van der Waals surface area contributed by atoms with E-state index in [1.54, 1.807) is 0 Å². The Bertz CT molecular complexity index is 87.7. The van der Waals surface area contributed by atoms with Crippen molar-refractivity contribution in [1.82, 2.24) is 0 Å². The summed E-state index contributed by atoms with van der Waals surface area (Å²) in [7, 11) is 0. The molecule has 0 N–H and O–H groups in total. The second-order valence-electron chi connectivity index (χ2n) is 2.29. The maximum Gasteiger partial charge on any atom is 0.0529 e. The van der Waals surface area contributed by atoms with Crippen LogP contribution in [0.15, 0.2) is 0 Å². The highest BCUT2D eigenvalue weighted by atomic mass is 32.3. The van der Waals surface area contributed by atoms with E-state index in [1.807, 2.05) is 11.8 Å². The lowest BCUT2D eigenvalue weighted by atomic mass is 10.4. The quantitative estimate of drug-likeness (QED) is 0.699. The SMILES string of the molecule is CC(S)CC1SCSCS1. The molecule has 0 nitrogen and oxygen atoms in total. The van der Waals surface area contributed by atoms with E-state index in [0.29, 0.717) is 5.25 Å². The third-order valence-electron chi connectivity index (χ3n) is 1.21. The molecular formula is C6H12S4. The van der Waals surface area contributed by atoms with Crippen LogP contribution in [0.2, 0.25) is 0 Å². The Balaban J connectivity index is 2.13. The molecule has 0 aromatic heterocycles. The zero-order valence-corrected chi connectivity index (χ0v) is 9.29. The lowest BCUT2D eigenvalue weighted by molar-refractivity contribution is 0.898. The highest BCUT2D eigenvalue weighted by Gasteiger charge is 2.15. The molecule has 1 aliphatic rings. The Morgan fingerprint density at radius 3 is 2.60 bits per heavy atom. The molecule has 0 aromatic rings. The molecule has 1 heterocycles. The molecular weight excluding hydrogens is 200 g/mol. The van der Waals surface area contributed by atoms with Crippen molar-refractivity contribution in [3.05, 3.63) is 0 Å². The van der Waals surface area contributed by atoms with E-state index in [2.05, 4.69) is 43.1 Å². The molecule has 0 radical (unpaired) electrons. The first kappa shape index (κ1) is 9.49. The molecule has 0 aliphatic carbocycles. The van der Waals surface area contributed by atoms with E-state index in [9.17, 15) is 0 Å². The van der Waals surface area contributed by atoms with Crippen molar-refractivity contribution in [3.8, 4) is 0 Å². The minimum atomic E-state index is 0.563. The maximum absolute atomic E-state index is 4.37. The first-order chi connectivity index (χ1) is 4.79. The summed E-state index contributed by atoms with van der Waals surface area (Å²) in [6.07, 6.45) is 1.25. The smallest absolute Gasteiger partial charge is 0.0529 e. The minimum absolute atomic E-state index is 0.563. The van der Waals surface area contributed by atoms with Crippen LogP contribution in [-0.4, -0.2) is 20.0 Å². The Labute approximate surface area is 81.1 Å². The summed E-state index contributed by atoms with van der Waals surface area (Å²) < 4.78 is 0.814. The molecule has 1 saturated heterocycles. The number of hydrogen-bond donors (Lipinski definition) is 1. The summed E-state index contributed by atoms with van der Waals surface area (Å²) in [6.45, 7) is 2.17. The van der Waals surface area contributed by atoms with E-state index in [0.717, 1.165) is 4.58 Å². The predicted octanol–water partition coefficient (Wildman–Crippen LogP) is 3.15. The second kappa shape index (κ2) is 5.12. The van der Waals surface area contributed by atoms with Gasteiger partial charge in [0.15, 0.2) is 0 Å². The molecule has 1 atom stereocenters. The normalized spacial score (nSPS) is 24.6. The lowest BCUT2D eigenvalue weighted by Crippen LogP contribution is -2.07. The summed E-state index contributed by atoms with van der Waals surface area (Å²) in [5.41, 5.74) is 0. The van der Waals surface area contributed by atoms with Gasteiger partial charge in [-0.2, -0.15) is 12.6 Å². The molecule has 0 aromatic carbocycles. The molecule has 0 bridgehead atoms. The Morgan fingerprint density at radius 1 is 1.50 bits per heavy atom. The van der Waals surface area contributed by atoms with Gasteiger partial charge >= 0.3 is 0 Å². The topological polar surface area (TPSA) is 0 Å². The second-order valence-corrected chi connectivity index (χ2v) is 7.57. The summed E-state index contributed by atoms with van der Waals surface area (Å²) in [4.78, 5) is 0. The van der Waals surface area contributed by atoms with Crippen LogP contribution >= 0.6 is 47.9 Å². The molecule has 0 amide bonds. The van der Waals surface area contributed by atoms with Crippen LogP contribution in [0.4, 0.5) is 0 Å². The molecule has 1 fully saturated rings. The van der Waals surface area contributed by atoms with Gasteiger partial charge in [-0.1, -0.05) is 6.92 Å². The molecule has 1 aliphatic heterocycles. The summed E-state index contributed by atoms with van der Waals surface area (Å²) in [6, 6.07) is 0. The average molecular weight is 212 g/mol. The third-order valence-corrected chi connectivity index (χ3v) is 5.79. The van der Waals surface area contributed by atoms with E-state index in [-0.39, 0.29) is 0 Å². The monoisotopic (exact) mass is 212 g/mol. The van der Waals surface area contributed by atoms with Gasteiger partial charge in [-0.15, -0.1) is 35.3 Å². The Kier molecular flexibility index (Phi) is 4.86. The van der Waals surface area contributed by atoms with Crippen molar-refractivity contribution in [2.24, 2.45) is 0 Å². The van der Waals surface area contributed by atoms with Crippen LogP contribution < -0.4 is 0 Å². The lowest BCUT2D eigenvalue weighted by Gasteiger charge is -2.21. The van der Waals surface area contributed by atoms with Crippen molar-refractivity contribution < 1.29 is 0 Å². The van der Waals surface area contributed by atoms with Crippen LogP contribution in [0.1, 0.15) is 13.3 Å². The van der Waals surface area contributed by atoms with Gasteiger partial charge in [0.25, 0.3) is 0 Å². The van der Waals surface area contributed by atoms with Gasteiger partial charge < -0.3 is 0 Å². The van der Waals surface area contributed by atoms with Gasteiger partial charge in [-0.05, 0) is 6.42 Å². The zero-order valence-electron chi connectivity index (χ0n) is 5.95. The number of hydrogen-bond acceptors (Lipinski definition) is 4. The molecule has 10 heavy (non-hydrogen) atoms. The average Bonchev–Trinajstić information content (AvgIpc) is 1.88. The van der Waals surface area contributed by atoms with Crippen LogP contribution in [0, 0.1) is 0 Å². The van der Waals surface area contributed by atoms with Gasteiger partial charge in [0.2, 0.25) is 0 Å². The fourth-order valence-corrected chi connectivity index (χ4v) is 6.34. The molecule has 60 valence electrons. The fourth-order valence-electron chi connectivity index (χ4n) is 0.745. The van der Waals surface area contributed by atoms with Gasteiger partial charge in [0.05, 0.1) is 4.58 Å². The Morgan fingerprint density at radius 2 is 2.10 bits per heavy atom.